The van der Waals surface area contributed by atoms with E-state index in [-0.39, 0.29) is 24.3 Å². The highest BCUT2D eigenvalue weighted by Gasteiger charge is 2.27. The van der Waals surface area contributed by atoms with E-state index >= 15 is 0 Å². The van der Waals surface area contributed by atoms with E-state index in [9.17, 15) is 9.59 Å². The summed E-state index contributed by atoms with van der Waals surface area (Å²) >= 11 is 12.6. The first kappa shape index (κ1) is 29.1. The van der Waals surface area contributed by atoms with E-state index in [1.807, 2.05) is 24.3 Å². The highest BCUT2D eigenvalue weighted by molar-refractivity contribution is 6.35. The summed E-state index contributed by atoms with van der Waals surface area (Å²) in [5.74, 6) is -0.846. The first-order valence-corrected chi connectivity index (χ1v) is 14.1. The van der Waals surface area contributed by atoms with Crippen LogP contribution in [0, 0.1) is 5.41 Å². The average molecular weight is 572 g/mol. The molecule has 0 saturated carbocycles. The van der Waals surface area contributed by atoms with Gasteiger partial charge in [-0.15, -0.1) is 0 Å². The minimum absolute atomic E-state index is 0.0947. The molecule has 1 aromatic heterocycles. The third-order valence-electron chi connectivity index (χ3n) is 6.85. The second kappa shape index (κ2) is 12.5. The number of amides is 1. The van der Waals surface area contributed by atoms with E-state index in [1.54, 1.807) is 18.2 Å². The summed E-state index contributed by atoms with van der Waals surface area (Å²) in [6.07, 6.45) is 2.02. The third kappa shape index (κ3) is 8.31. The van der Waals surface area contributed by atoms with Crippen LogP contribution < -0.4 is 5.32 Å². The predicted molar refractivity (Wildman–Crippen MR) is 156 cm³/mol. The van der Waals surface area contributed by atoms with Gasteiger partial charge in [0.15, 0.2) is 0 Å². The molecule has 1 fully saturated rings. The monoisotopic (exact) mass is 570 g/mol. The second-order valence-corrected chi connectivity index (χ2v) is 12.4. The van der Waals surface area contributed by atoms with Crippen molar-refractivity contribution in [3.8, 4) is 11.3 Å². The van der Waals surface area contributed by atoms with E-state index < -0.39 is 5.97 Å². The molecule has 9 heteroatoms. The van der Waals surface area contributed by atoms with E-state index in [0.29, 0.717) is 28.1 Å². The molecule has 208 valence electrons. The van der Waals surface area contributed by atoms with Crippen LogP contribution in [0.15, 0.2) is 48.5 Å². The Labute approximate surface area is 240 Å². The summed E-state index contributed by atoms with van der Waals surface area (Å²) in [7, 11) is 0. The molecular formula is C30H36Cl2N4O3. The van der Waals surface area contributed by atoms with Crippen LogP contribution in [0.1, 0.15) is 67.6 Å². The molecule has 0 unspecified atom stereocenters. The number of carbonyl (C=O) groups is 2. The fourth-order valence-corrected chi connectivity index (χ4v) is 5.63. The minimum atomic E-state index is -0.944. The van der Waals surface area contributed by atoms with Crippen molar-refractivity contribution in [3.63, 3.8) is 0 Å². The van der Waals surface area contributed by atoms with E-state index in [4.69, 9.17) is 33.4 Å². The quantitative estimate of drug-likeness (QED) is 0.313. The summed E-state index contributed by atoms with van der Waals surface area (Å²) in [5, 5.41) is 17.5. The lowest BCUT2D eigenvalue weighted by Crippen LogP contribution is -2.38. The number of piperidine rings is 1. The standard InChI is InChI=1S/C30H36Cl2N4O3/c1-30(2,3)19-35-12-9-21(10-13-35)27-17-26(23-14-24(31)16-25(32)15-23)34-36(27)18-20-4-6-22(7-5-20)29(39)33-11-8-28(37)38/h4-7,14-17,21H,8-13,18-19H2,1-3H3,(H,33,39)(H,37,38). The summed E-state index contributed by atoms with van der Waals surface area (Å²) in [4.78, 5) is 25.6. The Morgan fingerprint density at radius 2 is 1.67 bits per heavy atom. The number of carboxylic acids is 1. The van der Waals surface area contributed by atoms with Crippen LogP contribution in [-0.2, 0) is 11.3 Å². The zero-order chi connectivity index (χ0) is 28.2. The van der Waals surface area contributed by atoms with Gasteiger partial charge in [-0.1, -0.05) is 56.1 Å². The van der Waals surface area contributed by atoms with Crippen LogP contribution in [0.2, 0.25) is 10.0 Å². The number of rotatable bonds is 9. The Hall–Kier alpha value is -2.87. The Kier molecular flexibility index (Phi) is 9.36. The molecule has 0 spiro atoms. The van der Waals surface area contributed by atoms with Gasteiger partial charge in [-0.2, -0.15) is 5.10 Å². The molecule has 0 radical (unpaired) electrons. The number of carboxylic acid groups (broad SMARTS) is 1. The van der Waals surface area contributed by atoms with Crippen LogP contribution >= 0.6 is 23.2 Å². The number of aliphatic carboxylic acids is 1. The molecule has 39 heavy (non-hydrogen) atoms. The predicted octanol–water partition coefficient (Wildman–Crippen LogP) is 6.34. The number of benzene rings is 2. The second-order valence-electron chi connectivity index (χ2n) is 11.5. The van der Waals surface area contributed by atoms with Crippen LogP contribution in [0.5, 0.6) is 0 Å². The largest absolute Gasteiger partial charge is 0.481 e. The summed E-state index contributed by atoms with van der Waals surface area (Å²) in [6.45, 7) is 10.7. The van der Waals surface area contributed by atoms with Gasteiger partial charge in [-0.25, -0.2) is 0 Å². The smallest absolute Gasteiger partial charge is 0.305 e. The van der Waals surface area contributed by atoms with Gasteiger partial charge >= 0.3 is 5.97 Å². The SMILES string of the molecule is CC(C)(C)CN1CCC(c2cc(-c3cc(Cl)cc(Cl)c3)nn2Cc2ccc(C(=O)NCCC(=O)O)cc2)CC1. The maximum atomic E-state index is 12.3. The van der Waals surface area contributed by atoms with Gasteiger partial charge in [0.1, 0.15) is 0 Å². The van der Waals surface area contributed by atoms with Crippen molar-refractivity contribution in [2.45, 2.75) is 52.5 Å². The average Bonchev–Trinajstić information content (AvgIpc) is 3.27. The normalized spacial score (nSPS) is 14.9. The van der Waals surface area contributed by atoms with Gasteiger partial charge in [0.2, 0.25) is 0 Å². The van der Waals surface area contributed by atoms with Crippen molar-refractivity contribution in [1.82, 2.24) is 20.0 Å². The van der Waals surface area contributed by atoms with Gasteiger partial charge in [-0.3, -0.25) is 14.3 Å². The number of hydrogen-bond donors (Lipinski definition) is 2. The third-order valence-corrected chi connectivity index (χ3v) is 7.28. The molecule has 4 rings (SSSR count). The van der Waals surface area contributed by atoms with Gasteiger partial charge < -0.3 is 15.3 Å². The molecule has 1 aliphatic rings. The van der Waals surface area contributed by atoms with Crippen molar-refractivity contribution in [3.05, 3.63) is 75.4 Å². The Balaban J connectivity index is 1.54. The van der Waals surface area contributed by atoms with Gasteiger partial charge in [0.25, 0.3) is 5.91 Å². The molecule has 2 heterocycles. The molecular weight excluding hydrogens is 535 g/mol. The number of hydrogen-bond acceptors (Lipinski definition) is 4. The Morgan fingerprint density at radius 1 is 1.03 bits per heavy atom. The summed E-state index contributed by atoms with van der Waals surface area (Å²) in [5.41, 5.74) is 4.68. The minimum Gasteiger partial charge on any atom is -0.481 e. The maximum absolute atomic E-state index is 12.3. The van der Waals surface area contributed by atoms with Gasteiger partial charge in [-0.05, 0) is 73.3 Å². The fraction of sp³-hybridized carbons (Fsp3) is 0.433. The van der Waals surface area contributed by atoms with Crippen molar-refractivity contribution in [2.75, 3.05) is 26.2 Å². The number of nitrogens with one attached hydrogen (secondary N) is 1. The zero-order valence-corrected chi connectivity index (χ0v) is 24.2. The summed E-state index contributed by atoms with van der Waals surface area (Å²) in [6, 6.07) is 15.0. The van der Waals surface area contributed by atoms with Crippen molar-refractivity contribution >= 4 is 35.1 Å². The Bertz CT molecular complexity index is 1290. The van der Waals surface area contributed by atoms with Crippen LogP contribution in [0.3, 0.4) is 0 Å². The number of carbonyl (C=O) groups excluding carboxylic acids is 1. The van der Waals surface area contributed by atoms with Gasteiger partial charge in [0, 0.05) is 45.9 Å². The summed E-state index contributed by atoms with van der Waals surface area (Å²) < 4.78 is 2.07. The van der Waals surface area contributed by atoms with Crippen molar-refractivity contribution in [2.24, 2.45) is 5.41 Å². The first-order valence-electron chi connectivity index (χ1n) is 13.3. The number of halogens is 2. The lowest BCUT2D eigenvalue weighted by Gasteiger charge is -2.36. The van der Waals surface area contributed by atoms with Crippen molar-refractivity contribution in [1.29, 1.82) is 0 Å². The molecule has 1 aliphatic heterocycles. The number of nitrogens with zero attached hydrogens (tertiary/aromatic N) is 3. The lowest BCUT2D eigenvalue weighted by molar-refractivity contribution is -0.136. The number of likely N-dealkylation sites (tertiary alicyclic amines) is 1. The molecule has 1 saturated heterocycles. The molecule has 2 N–H and O–H groups in total. The molecule has 3 aromatic rings. The Morgan fingerprint density at radius 3 is 2.26 bits per heavy atom. The van der Waals surface area contributed by atoms with E-state index in [0.717, 1.165) is 49.3 Å². The van der Waals surface area contributed by atoms with Crippen LogP contribution in [-0.4, -0.2) is 57.8 Å². The fourth-order valence-electron chi connectivity index (χ4n) is 5.11. The number of aromatic nitrogens is 2. The van der Waals surface area contributed by atoms with E-state index in [1.165, 1.54) is 5.69 Å². The highest BCUT2D eigenvalue weighted by atomic mass is 35.5. The maximum Gasteiger partial charge on any atom is 0.305 e. The van der Waals surface area contributed by atoms with E-state index in [2.05, 4.69) is 41.7 Å². The van der Waals surface area contributed by atoms with Crippen LogP contribution in [0.25, 0.3) is 11.3 Å². The van der Waals surface area contributed by atoms with Crippen molar-refractivity contribution < 1.29 is 14.7 Å². The molecule has 0 aliphatic carbocycles. The zero-order valence-electron chi connectivity index (χ0n) is 22.7. The first-order chi connectivity index (χ1) is 18.5. The molecule has 2 aromatic carbocycles. The van der Waals surface area contributed by atoms with Crippen LogP contribution in [0.4, 0.5) is 0 Å². The molecule has 0 bridgehead atoms. The highest BCUT2D eigenvalue weighted by Crippen LogP contribution is 2.34. The molecule has 7 nitrogen and oxygen atoms in total. The molecule has 0 atom stereocenters. The lowest BCUT2D eigenvalue weighted by atomic mass is 9.90. The topological polar surface area (TPSA) is 87.5 Å². The van der Waals surface area contributed by atoms with Gasteiger partial charge in [0.05, 0.1) is 18.7 Å². The molecule has 1 amide bonds.